The number of benzene rings is 1. The molecule has 2 rings (SSSR count). The van der Waals surface area contributed by atoms with Crippen molar-refractivity contribution < 1.29 is 4.79 Å². The van der Waals surface area contributed by atoms with E-state index in [2.05, 4.69) is 27.8 Å². The van der Waals surface area contributed by atoms with Crippen LogP contribution < -0.4 is 0 Å². The molecule has 1 aliphatic rings. The average Bonchev–Trinajstić information content (AvgIpc) is 3.14. The minimum atomic E-state index is 0.241. The highest BCUT2D eigenvalue weighted by molar-refractivity contribution is 9.10. The maximum Gasteiger partial charge on any atom is 0.164 e. The monoisotopic (exact) mass is 295 g/mol. The summed E-state index contributed by atoms with van der Waals surface area (Å²) in [5.41, 5.74) is 0.811. The number of Topliss-reactive ketones (excluding diaryl/α,β-unsaturated/α-hetero) is 1. The molecule has 0 saturated heterocycles. The van der Waals surface area contributed by atoms with E-state index in [4.69, 9.17) is 0 Å². The number of carbonyl (C=O) groups excluding carboxylic acids is 1. The smallest absolute Gasteiger partial charge is 0.164 e. The third-order valence-corrected chi connectivity index (χ3v) is 3.74. The van der Waals surface area contributed by atoms with Gasteiger partial charge in [-0.1, -0.05) is 35.0 Å². The molecule has 1 aromatic carbocycles. The summed E-state index contributed by atoms with van der Waals surface area (Å²) in [5, 5.41) is 0. The van der Waals surface area contributed by atoms with Crippen LogP contribution in [-0.2, 0) is 0 Å². The van der Waals surface area contributed by atoms with E-state index in [1.807, 2.05) is 24.3 Å². The molecule has 0 spiro atoms. The molecule has 3 heteroatoms. The molecule has 17 heavy (non-hydrogen) atoms. The molecular formula is C14H18BrNO. The Kier molecular flexibility index (Phi) is 4.35. The summed E-state index contributed by atoms with van der Waals surface area (Å²) in [6.07, 6.45) is 3.23. The maximum absolute atomic E-state index is 12.0. The largest absolute Gasteiger partial charge is 0.300 e. The average molecular weight is 296 g/mol. The highest BCUT2D eigenvalue weighted by Gasteiger charge is 2.27. The van der Waals surface area contributed by atoms with E-state index in [9.17, 15) is 4.79 Å². The summed E-state index contributed by atoms with van der Waals surface area (Å²) in [6, 6.07) is 8.39. The quantitative estimate of drug-likeness (QED) is 0.749. The van der Waals surface area contributed by atoms with Gasteiger partial charge >= 0.3 is 0 Å². The molecule has 1 saturated carbocycles. The van der Waals surface area contributed by atoms with E-state index in [-0.39, 0.29) is 5.78 Å². The Morgan fingerprint density at radius 3 is 2.82 bits per heavy atom. The highest BCUT2D eigenvalue weighted by Crippen LogP contribution is 2.26. The molecule has 0 unspecified atom stereocenters. The van der Waals surface area contributed by atoms with Crippen LogP contribution in [-0.4, -0.2) is 29.8 Å². The number of ketones is 1. The second-order valence-corrected chi connectivity index (χ2v) is 5.46. The summed E-state index contributed by atoms with van der Waals surface area (Å²) in [5.74, 6) is 0.241. The lowest BCUT2D eigenvalue weighted by atomic mass is 10.1. The predicted molar refractivity (Wildman–Crippen MR) is 73.4 cm³/mol. The number of halogens is 1. The number of rotatable bonds is 6. The van der Waals surface area contributed by atoms with Crippen molar-refractivity contribution in [2.75, 3.05) is 13.1 Å². The van der Waals surface area contributed by atoms with Crippen LogP contribution in [0.3, 0.4) is 0 Å². The van der Waals surface area contributed by atoms with E-state index in [1.165, 1.54) is 12.8 Å². The first-order chi connectivity index (χ1) is 8.20. The Labute approximate surface area is 111 Å². The van der Waals surface area contributed by atoms with Crippen molar-refractivity contribution in [2.24, 2.45) is 0 Å². The van der Waals surface area contributed by atoms with Gasteiger partial charge < -0.3 is 4.90 Å². The second kappa shape index (κ2) is 5.78. The lowest BCUT2D eigenvalue weighted by Gasteiger charge is -2.18. The van der Waals surface area contributed by atoms with Crippen molar-refractivity contribution in [1.82, 2.24) is 4.90 Å². The number of hydrogen-bond donors (Lipinski definition) is 0. The molecule has 0 aromatic heterocycles. The first-order valence-corrected chi connectivity index (χ1v) is 7.03. The van der Waals surface area contributed by atoms with Crippen LogP contribution in [0.4, 0.5) is 0 Å². The van der Waals surface area contributed by atoms with Crippen molar-refractivity contribution in [3.8, 4) is 0 Å². The van der Waals surface area contributed by atoms with Gasteiger partial charge in [0, 0.05) is 29.0 Å². The van der Waals surface area contributed by atoms with Crippen LogP contribution in [0.5, 0.6) is 0 Å². The van der Waals surface area contributed by atoms with Gasteiger partial charge in [-0.05, 0) is 31.5 Å². The number of nitrogens with zero attached hydrogens (tertiary/aromatic N) is 1. The Hall–Kier alpha value is -0.670. The fourth-order valence-electron chi connectivity index (χ4n) is 2.09. The fourth-order valence-corrected chi connectivity index (χ4v) is 2.49. The van der Waals surface area contributed by atoms with Crippen LogP contribution in [0, 0.1) is 0 Å². The van der Waals surface area contributed by atoms with Crippen LogP contribution >= 0.6 is 15.9 Å². The van der Waals surface area contributed by atoms with Gasteiger partial charge in [0.2, 0.25) is 0 Å². The molecule has 0 heterocycles. The van der Waals surface area contributed by atoms with Crippen LogP contribution in [0.25, 0.3) is 0 Å². The summed E-state index contributed by atoms with van der Waals surface area (Å²) in [4.78, 5) is 14.4. The molecule has 2 nitrogen and oxygen atoms in total. The van der Waals surface area contributed by atoms with Gasteiger partial charge in [-0.15, -0.1) is 0 Å². The SMILES string of the molecule is CCN(CCC(=O)c1cccc(Br)c1)C1CC1. The summed E-state index contributed by atoms with van der Waals surface area (Å²) in [6.45, 7) is 4.12. The minimum absolute atomic E-state index is 0.241. The topological polar surface area (TPSA) is 20.3 Å². The molecular weight excluding hydrogens is 278 g/mol. The number of carbonyl (C=O) groups is 1. The lowest BCUT2D eigenvalue weighted by Crippen LogP contribution is -2.28. The van der Waals surface area contributed by atoms with Crippen molar-refractivity contribution in [2.45, 2.75) is 32.2 Å². The van der Waals surface area contributed by atoms with Crippen LogP contribution in [0.15, 0.2) is 28.7 Å². The van der Waals surface area contributed by atoms with Gasteiger partial charge in [-0.3, -0.25) is 4.79 Å². The fraction of sp³-hybridized carbons (Fsp3) is 0.500. The Bertz CT molecular complexity index is 401. The molecule has 92 valence electrons. The zero-order chi connectivity index (χ0) is 12.3. The van der Waals surface area contributed by atoms with Crippen molar-refractivity contribution >= 4 is 21.7 Å². The Morgan fingerprint density at radius 1 is 1.47 bits per heavy atom. The predicted octanol–water partition coefficient (Wildman–Crippen LogP) is 3.51. The first-order valence-electron chi connectivity index (χ1n) is 6.23. The van der Waals surface area contributed by atoms with E-state index in [0.29, 0.717) is 6.42 Å². The second-order valence-electron chi connectivity index (χ2n) is 4.54. The summed E-state index contributed by atoms with van der Waals surface area (Å²) in [7, 11) is 0. The standard InChI is InChI=1S/C14H18BrNO/c1-2-16(13-6-7-13)9-8-14(17)11-4-3-5-12(15)10-11/h3-5,10,13H,2,6-9H2,1H3. The first kappa shape index (κ1) is 12.8. The van der Waals surface area contributed by atoms with Crippen molar-refractivity contribution in [3.63, 3.8) is 0 Å². The molecule has 0 radical (unpaired) electrons. The third-order valence-electron chi connectivity index (χ3n) is 3.24. The van der Waals surface area contributed by atoms with Crippen LogP contribution in [0.2, 0.25) is 0 Å². The van der Waals surface area contributed by atoms with E-state index in [1.54, 1.807) is 0 Å². The van der Waals surface area contributed by atoms with E-state index in [0.717, 1.165) is 29.2 Å². The third kappa shape index (κ3) is 3.65. The van der Waals surface area contributed by atoms with Crippen molar-refractivity contribution in [3.05, 3.63) is 34.3 Å². The van der Waals surface area contributed by atoms with E-state index < -0.39 is 0 Å². The van der Waals surface area contributed by atoms with Gasteiger partial charge in [0.15, 0.2) is 5.78 Å². The molecule has 0 N–H and O–H groups in total. The lowest BCUT2D eigenvalue weighted by molar-refractivity contribution is 0.0963. The molecule has 0 amide bonds. The van der Waals surface area contributed by atoms with E-state index >= 15 is 0 Å². The van der Waals surface area contributed by atoms with Gasteiger partial charge in [-0.25, -0.2) is 0 Å². The zero-order valence-electron chi connectivity index (χ0n) is 10.2. The Balaban J connectivity index is 1.88. The molecule has 1 fully saturated rings. The molecule has 0 bridgehead atoms. The zero-order valence-corrected chi connectivity index (χ0v) is 11.7. The maximum atomic E-state index is 12.0. The van der Waals surface area contributed by atoms with Crippen molar-refractivity contribution in [1.29, 1.82) is 0 Å². The number of hydrogen-bond acceptors (Lipinski definition) is 2. The van der Waals surface area contributed by atoms with Gasteiger partial charge in [-0.2, -0.15) is 0 Å². The highest BCUT2D eigenvalue weighted by atomic mass is 79.9. The molecule has 1 aliphatic carbocycles. The molecule has 0 atom stereocenters. The minimum Gasteiger partial charge on any atom is -0.300 e. The summed E-state index contributed by atoms with van der Waals surface area (Å²) >= 11 is 3.39. The molecule has 1 aromatic rings. The summed E-state index contributed by atoms with van der Waals surface area (Å²) < 4.78 is 0.970. The normalized spacial score (nSPS) is 15.2. The van der Waals surface area contributed by atoms with Crippen LogP contribution in [0.1, 0.15) is 36.5 Å². The van der Waals surface area contributed by atoms with Gasteiger partial charge in [0.05, 0.1) is 0 Å². The Morgan fingerprint density at radius 2 is 2.24 bits per heavy atom. The van der Waals surface area contributed by atoms with Gasteiger partial charge in [0.1, 0.15) is 0 Å². The molecule has 0 aliphatic heterocycles. The van der Waals surface area contributed by atoms with Gasteiger partial charge in [0.25, 0.3) is 0 Å².